The standard InChI is InChI=1S/C23H30N4O5S/c1-26(2)16-13-24-22(28)19-5-3-17(4-6-19)18-7-9-21(10-8-18)33(31,32)27-14-11-20(12-15-27)23(29)25-30/h3-11,23,25,29-30H,12-16H2,1-2H3,(H,24,28). The molecule has 2 aromatic carbocycles. The number of benzene rings is 2. The van der Waals surface area contributed by atoms with Crippen LogP contribution in [0.4, 0.5) is 0 Å². The summed E-state index contributed by atoms with van der Waals surface area (Å²) in [5, 5.41) is 21.3. The Morgan fingerprint density at radius 2 is 1.70 bits per heavy atom. The van der Waals surface area contributed by atoms with E-state index in [1.807, 2.05) is 31.1 Å². The largest absolute Gasteiger partial charge is 0.373 e. The van der Waals surface area contributed by atoms with Crippen LogP contribution in [0.3, 0.4) is 0 Å². The zero-order valence-electron chi connectivity index (χ0n) is 18.7. The van der Waals surface area contributed by atoms with E-state index < -0.39 is 16.3 Å². The Balaban J connectivity index is 1.66. The van der Waals surface area contributed by atoms with Gasteiger partial charge in [0.2, 0.25) is 10.0 Å². The van der Waals surface area contributed by atoms with Gasteiger partial charge in [0.25, 0.3) is 5.91 Å². The number of amides is 1. The van der Waals surface area contributed by atoms with E-state index in [9.17, 15) is 18.3 Å². The van der Waals surface area contributed by atoms with Gasteiger partial charge in [-0.1, -0.05) is 30.3 Å². The van der Waals surface area contributed by atoms with Crippen molar-refractivity contribution in [3.8, 4) is 11.1 Å². The lowest BCUT2D eigenvalue weighted by Gasteiger charge is -2.27. The quantitative estimate of drug-likeness (QED) is 0.245. The Labute approximate surface area is 194 Å². The maximum Gasteiger partial charge on any atom is 0.251 e. The summed E-state index contributed by atoms with van der Waals surface area (Å²) in [6.45, 7) is 1.66. The van der Waals surface area contributed by atoms with Crippen LogP contribution in [0, 0.1) is 0 Å². The maximum atomic E-state index is 13.0. The van der Waals surface area contributed by atoms with Gasteiger partial charge in [0.15, 0.2) is 0 Å². The molecule has 0 spiro atoms. The molecule has 1 aliphatic heterocycles. The normalized spacial score (nSPS) is 15.8. The number of carbonyl (C=O) groups excluding carboxylic acids is 1. The van der Waals surface area contributed by atoms with Crippen LogP contribution in [0.25, 0.3) is 11.1 Å². The Morgan fingerprint density at radius 3 is 2.21 bits per heavy atom. The zero-order chi connectivity index (χ0) is 24.0. The number of nitrogens with one attached hydrogen (secondary N) is 2. The predicted octanol–water partition coefficient (Wildman–Crippen LogP) is 1.26. The molecule has 1 amide bonds. The summed E-state index contributed by atoms with van der Waals surface area (Å²) >= 11 is 0. The molecule has 4 N–H and O–H groups in total. The second kappa shape index (κ2) is 11.0. The fourth-order valence-electron chi connectivity index (χ4n) is 3.49. The van der Waals surface area contributed by atoms with Crippen LogP contribution in [0.2, 0.25) is 0 Å². The molecule has 1 heterocycles. The van der Waals surface area contributed by atoms with Gasteiger partial charge in [0.05, 0.1) is 4.90 Å². The van der Waals surface area contributed by atoms with Gasteiger partial charge in [-0.2, -0.15) is 9.79 Å². The number of sulfonamides is 1. The SMILES string of the molecule is CN(C)CCNC(=O)c1ccc(-c2ccc(S(=O)(=O)N3CC=C(C(O)NO)CC3)cc2)cc1. The van der Waals surface area contributed by atoms with Gasteiger partial charge in [0, 0.05) is 31.7 Å². The highest BCUT2D eigenvalue weighted by atomic mass is 32.2. The number of hydrogen-bond acceptors (Lipinski definition) is 7. The molecule has 3 rings (SSSR count). The highest BCUT2D eigenvalue weighted by molar-refractivity contribution is 7.89. The molecule has 0 bridgehead atoms. The number of aliphatic hydroxyl groups is 1. The van der Waals surface area contributed by atoms with Gasteiger partial charge in [-0.25, -0.2) is 8.42 Å². The summed E-state index contributed by atoms with van der Waals surface area (Å²) in [6.07, 6.45) is 0.729. The third-order valence-electron chi connectivity index (χ3n) is 5.50. The molecule has 1 unspecified atom stereocenters. The van der Waals surface area contributed by atoms with Gasteiger partial charge in [-0.3, -0.25) is 4.79 Å². The number of aliphatic hydroxyl groups excluding tert-OH is 1. The molecule has 178 valence electrons. The highest BCUT2D eigenvalue weighted by Crippen LogP contribution is 2.25. The molecule has 0 saturated carbocycles. The van der Waals surface area contributed by atoms with Crippen molar-refractivity contribution < 1.29 is 23.5 Å². The van der Waals surface area contributed by atoms with Crippen LogP contribution in [-0.4, -0.2) is 80.3 Å². The van der Waals surface area contributed by atoms with E-state index >= 15 is 0 Å². The average molecular weight is 475 g/mol. The number of carbonyl (C=O) groups is 1. The Hall–Kier alpha value is -2.60. The number of likely N-dealkylation sites (N-methyl/N-ethyl adjacent to an activating group) is 1. The number of nitrogens with zero attached hydrogens (tertiary/aromatic N) is 2. The van der Waals surface area contributed by atoms with Crippen LogP contribution in [0.1, 0.15) is 16.8 Å². The lowest BCUT2D eigenvalue weighted by Crippen LogP contribution is -2.38. The first kappa shape index (κ1) is 25.0. The van der Waals surface area contributed by atoms with E-state index in [0.717, 1.165) is 17.7 Å². The summed E-state index contributed by atoms with van der Waals surface area (Å²) < 4.78 is 27.2. The van der Waals surface area contributed by atoms with Crippen molar-refractivity contribution in [3.05, 3.63) is 65.7 Å². The van der Waals surface area contributed by atoms with Crippen LogP contribution >= 0.6 is 0 Å². The van der Waals surface area contributed by atoms with Crippen molar-refractivity contribution in [2.24, 2.45) is 0 Å². The molecule has 10 heteroatoms. The van der Waals surface area contributed by atoms with Gasteiger partial charge in [-0.05, 0) is 61.5 Å². The molecule has 9 nitrogen and oxygen atoms in total. The monoisotopic (exact) mass is 474 g/mol. The number of rotatable bonds is 9. The van der Waals surface area contributed by atoms with Gasteiger partial charge in [-0.15, -0.1) is 0 Å². The maximum absolute atomic E-state index is 13.0. The van der Waals surface area contributed by atoms with Gasteiger partial charge < -0.3 is 20.5 Å². The smallest absolute Gasteiger partial charge is 0.251 e. The summed E-state index contributed by atoms with van der Waals surface area (Å²) in [7, 11) is 0.205. The number of hydroxylamine groups is 1. The molecule has 0 saturated heterocycles. The summed E-state index contributed by atoms with van der Waals surface area (Å²) in [5.74, 6) is -0.133. The van der Waals surface area contributed by atoms with Gasteiger partial charge >= 0.3 is 0 Å². The van der Waals surface area contributed by atoms with Crippen molar-refractivity contribution in [3.63, 3.8) is 0 Å². The number of hydrogen-bond donors (Lipinski definition) is 4. The minimum absolute atomic E-state index is 0.121. The first-order valence-electron chi connectivity index (χ1n) is 10.6. The van der Waals surface area contributed by atoms with E-state index in [-0.39, 0.29) is 23.9 Å². The van der Waals surface area contributed by atoms with E-state index in [4.69, 9.17) is 5.21 Å². The zero-order valence-corrected chi connectivity index (χ0v) is 19.5. The molecule has 2 aromatic rings. The molecule has 33 heavy (non-hydrogen) atoms. The first-order chi connectivity index (χ1) is 15.7. The van der Waals surface area contributed by atoms with Crippen LogP contribution in [0.5, 0.6) is 0 Å². The topological polar surface area (TPSA) is 122 Å². The molecule has 0 radical (unpaired) electrons. The van der Waals surface area contributed by atoms with Crippen molar-refractivity contribution in [2.75, 3.05) is 40.3 Å². The van der Waals surface area contributed by atoms with E-state index in [0.29, 0.717) is 24.1 Å². The van der Waals surface area contributed by atoms with Crippen LogP contribution in [-0.2, 0) is 10.0 Å². The Bertz CT molecular complexity index is 1080. The first-order valence-corrected chi connectivity index (χ1v) is 12.1. The molecule has 0 aliphatic carbocycles. The fraction of sp³-hybridized carbons (Fsp3) is 0.348. The second-order valence-corrected chi connectivity index (χ2v) is 10.0. The predicted molar refractivity (Wildman–Crippen MR) is 125 cm³/mol. The third-order valence-corrected chi connectivity index (χ3v) is 7.38. The molecule has 0 aromatic heterocycles. The van der Waals surface area contributed by atoms with Crippen LogP contribution < -0.4 is 10.8 Å². The summed E-state index contributed by atoms with van der Waals surface area (Å²) in [4.78, 5) is 14.4. The molecule has 1 atom stereocenters. The van der Waals surface area contributed by atoms with E-state index in [1.54, 1.807) is 48.0 Å². The van der Waals surface area contributed by atoms with E-state index in [1.165, 1.54) is 4.31 Å². The molecule has 0 fully saturated rings. The minimum atomic E-state index is -3.68. The summed E-state index contributed by atoms with van der Waals surface area (Å²) in [6, 6.07) is 13.8. The average Bonchev–Trinajstić information content (AvgIpc) is 2.83. The lowest BCUT2D eigenvalue weighted by molar-refractivity contribution is 0.0217. The molecule has 1 aliphatic rings. The van der Waals surface area contributed by atoms with E-state index in [2.05, 4.69) is 5.32 Å². The third kappa shape index (κ3) is 6.26. The van der Waals surface area contributed by atoms with Crippen molar-refractivity contribution in [1.82, 2.24) is 20.0 Å². The second-order valence-electron chi connectivity index (χ2n) is 8.08. The Morgan fingerprint density at radius 1 is 1.09 bits per heavy atom. The van der Waals surface area contributed by atoms with Crippen molar-refractivity contribution >= 4 is 15.9 Å². The lowest BCUT2D eigenvalue weighted by atomic mass is 10.0. The molecular weight excluding hydrogens is 444 g/mol. The minimum Gasteiger partial charge on any atom is -0.373 e. The molecular formula is C23H30N4O5S. The summed E-state index contributed by atoms with van der Waals surface area (Å²) in [5.41, 5.74) is 4.59. The van der Waals surface area contributed by atoms with Crippen molar-refractivity contribution in [1.29, 1.82) is 0 Å². The van der Waals surface area contributed by atoms with Crippen LogP contribution in [0.15, 0.2) is 65.1 Å². The van der Waals surface area contributed by atoms with Crippen molar-refractivity contribution in [2.45, 2.75) is 17.5 Å². The van der Waals surface area contributed by atoms with Gasteiger partial charge in [0.1, 0.15) is 6.23 Å². The highest BCUT2D eigenvalue weighted by Gasteiger charge is 2.27. The Kier molecular flexibility index (Phi) is 8.35. The fourth-order valence-corrected chi connectivity index (χ4v) is 4.87.